The Balaban J connectivity index is 1.75. The molecule has 106 valence electrons. The molecule has 1 heterocycles. The van der Waals surface area contributed by atoms with Gasteiger partial charge >= 0.3 is 0 Å². The SMILES string of the molecule is Cn1cccc1CNC1C2CCC(C)(C1O)C2(C)C. The summed E-state index contributed by atoms with van der Waals surface area (Å²) >= 11 is 0. The number of fused-ring (bicyclic) bond motifs is 2. The van der Waals surface area contributed by atoms with Gasteiger partial charge in [-0.3, -0.25) is 0 Å². The first kappa shape index (κ1) is 13.2. The summed E-state index contributed by atoms with van der Waals surface area (Å²) in [5, 5.41) is 14.3. The first-order valence-corrected chi connectivity index (χ1v) is 7.39. The van der Waals surface area contributed by atoms with Crippen molar-refractivity contribution in [2.75, 3.05) is 0 Å². The molecule has 0 radical (unpaired) electrons. The van der Waals surface area contributed by atoms with Crippen molar-refractivity contribution in [3.05, 3.63) is 24.0 Å². The van der Waals surface area contributed by atoms with E-state index in [-0.39, 0.29) is 23.0 Å². The molecule has 0 amide bonds. The molecule has 3 nitrogen and oxygen atoms in total. The van der Waals surface area contributed by atoms with Gasteiger partial charge in [-0.1, -0.05) is 20.8 Å². The van der Waals surface area contributed by atoms with Crippen LogP contribution in [-0.4, -0.2) is 21.8 Å². The molecule has 3 rings (SSSR count). The summed E-state index contributed by atoms with van der Waals surface area (Å²) in [5.41, 5.74) is 1.58. The molecule has 0 saturated heterocycles. The number of nitrogens with zero attached hydrogens (tertiary/aromatic N) is 1. The topological polar surface area (TPSA) is 37.2 Å². The quantitative estimate of drug-likeness (QED) is 0.877. The van der Waals surface area contributed by atoms with Gasteiger partial charge in [-0.25, -0.2) is 0 Å². The predicted molar refractivity (Wildman–Crippen MR) is 76.7 cm³/mol. The monoisotopic (exact) mass is 262 g/mol. The van der Waals surface area contributed by atoms with Gasteiger partial charge in [0.1, 0.15) is 0 Å². The van der Waals surface area contributed by atoms with Crippen LogP contribution >= 0.6 is 0 Å². The van der Waals surface area contributed by atoms with Gasteiger partial charge in [-0.15, -0.1) is 0 Å². The lowest BCUT2D eigenvalue weighted by atomic mass is 9.70. The highest BCUT2D eigenvalue weighted by Gasteiger charge is 2.65. The van der Waals surface area contributed by atoms with E-state index in [1.807, 2.05) is 0 Å². The number of hydrogen-bond acceptors (Lipinski definition) is 2. The van der Waals surface area contributed by atoms with Gasteiger partial charge in [0.15, 0.2) is 0 Å². The van der Waals surface area contributed by atoms with E-state index in [1.54, 1.807) is 0 Å². The molecule has 1 aromatic heterocycles. The fourth-order valence-corrected chi connectivity index (χ4v) is 4.49. The van der Waals surface area contributed by atoms with Crippen molar-refractivity contribution < 1.29 is 5.11 Å². The predicted octanol–water partition coefficient (Wildman–Crippen LogP) is 2.30. The van der Waals surface area contributed by atoms with Gasteiger partial charge in [0.2, 0.25) is 0 Å². The lowest BCUT2D eigenvalue weighted by Crippen LogP contribution is -2.46. The van der Waals surface area contributed by atoms with E-state index in [1.165, 1.54) is 12.1 Å². The number of rotatable bonds is 3. The Kier molecular flexibility index (Phi) is 2.84. The van der Waals surface area contributed by atoms with Crippen LogP contribution in [0.4, 0.5) is 0 Å². The van der Waals surface area contributed by atoms with E-state index in [4.69, 9.17) is 0 Å². The van der Waals surface area contributed by atoms with Crippen LogP contribution in [0, 0.1) is 16.7 Å². The molecule has 4 unspecified atom stereocenters. The zero-order valence-corrected chi connectivity index (χ0v) is 12.5. The van der Waals surface area contributed by atoms with Gasteiger partial charge in [0.25, 0.3) is 0 Å². The minimum atomic E-state index is -0.221. The lowest BCUT2D eigenvalue weighted by Gasteiger charge is -2.37. The molecule has 3 heteroatoms. The Morgan fingerprint density at radius 3 is 2.68 bits per heavy atom. The van der Waals surface area contributed by atoms with Crippen LogP contribution in [0.1, 0.15) is 39.3 Å². The first-order valence-electron chi connectivity index (χ1n) is 7.39. The van der Waals surface area contributed by atoms with Crippen molar-refractivity contribution in [3.8, 4) is 0 Å². The van der Waals surface area contributed by atoms with Crippen molar-refractivity contribution in [1.82, 2.24) is 9.88 Å². The maximum absolute atomic E-state index is 10.7. The second kappa shape index (κ2) is 4.10. The van der Waals surface area contributed by atoms with E-state index in [9.17, 15) is 5.11 Å². The minimum absolute atomic E-state index is 0.0730. The molecule has 2 aliphatic carbocycles. The van der Waals surface area contributed by atoms with Crippen molar-refractivity contribution >= 4 is 0 Å². The van der Waals surface area contributed by atoms with Crippen LogP contribution in [0.5, 0.6) is 0 Å². The minimum Gasteiger partial charge on any atom is -0.391 e. The summed E-state index contributed by atoms with van der Waals surface area (Å²) in [4.78, 5) is 0. The summed E-state index contributed by atoms with van der Waals surface area (Å²) in [6.45, 7) is 7.77. The molecule has 0 aromatic carbocycles. The fraction of sp³-hybridized carbons (Fsp3) is 0.750. The molecule has 2 N–H and O–H groups in total. The van der Waals surface area contributed by atoms with Gasteiger partial charge in [0, 0.05) is 36.9 Å². The summed E-state index contributed by atoms with van der Waals surface area (Å²) in [6, 6.07) is 4.45. The van der Waals surface area contributed by atoms with Gasteiger partial charge < -0.3 is 15.0 Å². The van der Waals surface area contributed by atoms with Crippen LogP contribution in [-0.2, 0) is 13.6 Å². The van der Waals surface area contributed by atoms with Crippen molar-refractivity contribution in [2.45, 2.75) is 52.3 Å². The highest BCUT2D eigenvalue weighted by molar-refractivity contribution is 5.17. The van der Waals surface area contributed by atoms with Gasteiger partial charge in [-0.2, -0.15) is 0 Å². The number of aliphatic hydroxyl groups excluding tert-OH is 1. The number of nitrogens with one attached hydrogen (secondary N) is 1. The van der Waals surface area contributed by atoms with Crippen molar-refractivity contribution in [2.24, 2.45) is 23.8 Å². The third-order valence-electron chi connectivity index (χ3n) is 6.37. The molecule has 19 heavy (non-hydrogen) atoms. The maximum Gasteiger partial charge on any atom is 0.0754 e. The molecule has 2 fully saturated rings. The molecule has 4 atom stereocenters. The van der Waals surface area contributed by atoms with Crippen LogP contribution in [0.25, 0.3) is 0 Å². The average Bonchev–Trinajstić information content (AvgIpc) is 2.89. The van der Waals surface area contributed by atoms with E-state index >= 15 is 0 Å². The van der Waals surface area contributed by atoms with Crippen LogP contribution < -0.4 is 5.32 Å². The molecule has 2 saturated carbocycles. The third kappa shape index (κ3) is 1.64. The summed E-state index contributed by atoms with van der Waals surface area (Å²) in [6.07, 6.45) is 4.25. The Morgan fingerprint density at radius 2 is 2.16 bits per heavy atom. The normalized spacial score (nSPS) is 39.9. The Hall–Kier alpha value is -0.800. The smallest absolute Gasteiger partial charge is 0.0754 e. The highest BCUT2D eigenvalue weighted by atomic mass is 16.3. The van der Waals surface area contributed by atoms with Crippen LogP contribution in [0.15, 0.2) is 18.3 Å². The van der Waals surface area contributed by atoms with Crippen LogP contribution in [0.3, 0.4) is 0 Å². The zero-order chi connectivity index (χ0) is 13.8. The van der Waals surface area contributed by atoms with Crippen molar-refractivity contribution in [3.63, 3.8) is 0 Å². The number of hydrogen-bond donors (Lipinski definition) is 2. The Bertz CT molecular complexity index is 479. The fourth-order valence-electron chi connectivity index (χ4n) is 4.49. The standard InChI is InChI=1S/C16H26N2O/c1-15(2)12-7-8-16(15,3)14(19)13(12)17-10-11-6-5-9-18(11)4/h5-6,9,12-14,17,19H,7-8,10H2,1-4H3. The second-order valence-corrected chi connectivity index (χ2v) is 7.25. The van der Waals surface area contributed by atoms with E-state index in [2.05, 4.69) is 56.0 Å². The first-order chi connectivity index (χ1) is 8.88. The molecular formula is C16H26N2O. The Labute approximate surface area is 116 Å². The Morgan fingerprint density at radius 1 is 1.42 bits per heavy atom. The van der Waals surface area contributed by atoms with Gasteiger partial charge in [0.05, 0.1) is 6.10 Å². The van der Waals surface area contributed by atoms with E-state index < -0.39 is 0 Å². The average molecular weight is 262 g/mol. The lowest BCUT2D eigenvalue weighted by molar-refractivity contribution is -0.000253. The third-order valence-corrected chi connectivity index (χ3v) is 6.37. The van der Waals surface area contributed by atoms with E-state index in [0.717, 1.165) is 13.0 Å². The van der Waals surface area contributed by atoms with Crippen molar-refractivity contribution in [1.29, 1.82) is 0 Å². The molecule has 0 spiro atoms. The number of aryl methyl sites for hydroxylation is 1. The summed E-state index contributed by atoms with van der Waals surface area (Å²) < 4.78 is 2.14. The van der Waals surface area contributed by atoms with Gasteiger partial charge in [-0.05, 0) is 36.3 Å². The molecule has 2 bridgehead atoms. The molecule has 2 aliphatic rings. The summed E-state index contributed by atoms with van der Waals surface area (Å²) in [7, 11) is 2.07. The number of aliphatic hydroxyl groups is 1. The second-order valence-electron chi connectivity index (χ2n) is 7.25. The molecule has 1 aromatic rings. The maximum atomic E-state index is 10.7. The highest BCUT2D eigenvalue weighted by Crippen LogP contribution is 2.65. The molecular weight excluding hydrogens is 236 g/mol. The van der Waals surface area contributed by atoms with E-state index in [0.29, 0.717) is 5.92 Å². The summed E-state index contributed by atoms with van der Waals surface area (Å²) in [5.74, 6) is 0.591. The zero-order valence-electron chi connectivity index (χ0n) is 12.5. The largest absolute Gasteiger partial charge is 0.391 e. The number of aromatic nitrogens is 1. The molecule has 0 aliphatic heterocycles. The van der Waals surface area contributed by atoms with Crippen LogP contribution in [0.2, 0.25) is 0 Å².